The van der Waals surface area contributed by atoms with E-state index >= 15 is 0 Å². The Morgan fingerprint density at radius 3 is 2.73 bits per heavy atom. The van der Waals surface area contributed by atoms with Gasteiger partial charge in [0.1, 0.15) is 17.8 Å². The number of hydrogen-bond donors (Lipinski definition) is 1. The molecule has 8 nitrogen and oxygen atoms in total. The van der Waals surface area contributed by atoms with Gasteiger partial charge in [-0.05, 0) is 18.2 Å². The van der Waals surface area contributed by atoms with Crippen LogP contribution in [0.5, 0.6) is 0 Å². The van der Waals surface area contributed by atoms with E-state index in [2.05, 4.69) is 20.0 Å². The van der Waals surface area contributed by atoms with Crippen molar-refractivity contribution in [1.82, 2.24) is 9.97 Å². The van der Waals surface area contributed by atoms with Crippen molar-refractivity contribution in [3.63, 3.8) is 0 Å². The molecule has 2 aromatic rings. The summed E-state index contributed by atoms with van der Waals surface area (Å²) in [6.45, 7) is 2.62. The summed E-state index contributed by atoms with van der Waals surface area (Å²) in [5.74, 6) is -0.317. The molecule has 0 radical (unpaired) electrons. The third-order valence-electron chi connectivity index (χ3n) is 3.86. The third kappa shape index (κ3) is 4.09. The van der Waals surface area contributed by atoms with E-state index in [1.807, 2.05) is 4.90 Å². The van der Waals surface area contributed by atoms with E-state index in [0.717, 1.165) is 0 Å². The van der Waals surface area contributed by atoms with Crippen molar-refractivity contribution in [2.75, 3.05) is 43.6 Å². The van der Waals surface area contributed by atoms with Gasteiger partial charge in [-0.1, -0.05) is 11.6 Å². The molecule has 136 valence electrons. The Morgan fingerprint density at radius 2 is 2.00 bits per heavy atom. The molecular weight excluding hydrogens is 360 g/mol. The van der Waals surface area contributed by atoms with E-state index in [4.69, 9.17) is 16.3 Å². The largest absolute Gasteiger partial charge is 0.465 e. The highest BCUT2D eigenvalue weighted by atomic mass is 35.5. The molecule has 1 amide bonds. The molecule has 1 N–H and O–H groups in total. The predicted octanol–water partition coefficient (Wildman–Crippen LogP) is 2.01. The first-order valence-corrected chi connectivity index (χ1v) is 8.30. The van der Waals surface area contributed by atoms with Gasteiger partial charge in [-0.15, -0.1) is 0 Å². The van der Waals surface area contributed by atoms with Crippen LogP contribution in [0.4, 0.5) is 11.5 Å². The number of nitrogens with zero attached hydrogens (tertiary/aromatic N) is 3. The Balaban J connectivity index is 1.79. The van der Waals surface area contributed by atoms with Gasteiger partial charge >= 0.3 is 5.97 Å². The summed E-state index contributed by atoms with van der Waals surface area (Å²) >= 11 is 6.11. The summed E-state index contributed by atoms with van der Waals surface area (Å²) in [6.07, 6.45) is 1.34. The highest BCUT2D eigenvalue weighted by Gasteiger charge is 2.17. The summed E-state index contributed by atoms with van der Waals surface area (Å²) in [4.78, 5) is 34.4. The van der Waals surface area contributed by atoms with Crippen LogP contribution in [-0.4, -0.2) is 55.3 Å². The van der Waals surface area contributed by atoms with E-state index in [9.17, 15) is 9.59 Å². The first-order chi connectivity index (χ1) is 12.6. The van der Waals surface area contributed by atoms with Gasteiger partial charge < -0.3 is 19.7 Å². The van der Waals surface area contributed by atoms with Crippen molar-refractivity contribution in [3.8, 4) is 0 Å². The number of anilines is 2. The van der Waals surface area contributed by atoms with Gasteiger partial charge in [0.2, 0.25) is 0 Å². The summed E-state index contributed by atoms with van der Waals surface area (Å²) in [5, 5.41) is 2.96. The molecule has 0 aliphatic carbocycles. The minimum Gasteiger partial charge on any atom is -0.465 e. The summed E-state index contributed by atoms with van der Waals surface area (Å²) < 4.78 is 9.99. The summed E-state index contributed by atoms with van der Waals surface area (Å²) in [7, 11) is 1.28. The number of hydrogen-bond acceptors (Lipinski definition) is 7. The minimum atomic E-state index is -0.520. The lowest BCUT2D eigenvalue weighted by Gasteiger charge is -2.27. The normalized spacial score (nSPS) is 14.0. The molecule has 0 bridgehead atoms. The SMILES string of the molecule is COC(=O)c1ccc(Cl)c(NC(=O)c2cc(N3CCOCC3)ncn2)c1. The van der Waals surface area contributed by atoms with Crippen LogP contribution in [0.25, 0.3) is 0 Å². The van der Waals surface area contributed by atoms with Gasteiger partial charge in [0.05, 0.1) is 36.6 Å². The number of carbonyl (C=O) groups is 2. The maximum Gasteiger partial charge on any atom is 0.337 e. The van der Waals surface area contributed by atoms with Crippen LogP contribution >= 0.6 is 11.6 Å². The van der Waals surface area contributed by atoms with Gasteiger partial charge in [-0.2, -0.15) is 0 Å². The minimum absolute atomic E-state index is 0.195. The number of amides is 1. The number of nitrogens with one attached hydrogen (secondary N) is 1. The number of methoxy groups -OCH3 is 1. The van der Waals surface area contributed by atoms with Crippen molar-refractivity contribution in [2.24, 2.45) is 0 Å². The molecule has 2 heterocycles. The zero-order valence-electron chi connectivity index (χ0n) is 14.1. The van der Waals surface area contributed by atoms with E-state index in [1.165, 1.54) is 31.6 Å². The molecule has 3 rings (SSSR count). The average Bonchev–Trinajstić information content (AvgIpc) is 2.69. The van der Waals surface area contributed by atoms with Gasteiger partial charge in [0.15, 0.2) is 0 Å². The third-order valence-corrected chi connectivity index (χ3v) is 4.19. The number of ether oxygens (including phenoxy) is 2. The predicted molar refractivity (Wildman–Crippen MR) is 95.8 cm³/mol. The van der Waals surface area contributed by atoms with E-state index in [0.29, 0.717) is 42.8 Å². The Hall–Kier alpha value is -2.71. The fourth-order valence-electron chi connectivity index (χ4n) is 2.49. The van der Waals surface area contributed by atoms with E-state index < -0.39 is 11.9 Å². The molecule has 26 heavy (non-hydrogen) atoms. The standard InChI is InChI=1S/C17H17ClN4O4/c1-25-17(24)11-2-3-12(18)13(8-11)21-16(23)14-9-15(20-10-19-14)22-4-6-26-7-5-22/h2-3,8-10H,4-7H2,1H3,(H,21,23). The lowest BCUT2D eigenvalue weighted by atomic mass is 10.2. The number of rotatable bonds is 4. The molecule has 0 spiro atoms. The lowest BCUT2D eigenvalue weighted by molar-refractivity contribution is 0.0600. The molecular formula is C17H17ClN4O4. The highest BCUT2D eigenvalue weighted by molar-refractivity contribution is 6.34. The van der Waals surface area contributed by atoms with Crippen LogP contribution in [0.2, 0.25) is 5.02 Å². The number of halogens is 1. The topological polar surface area (TPSA) is 93.7 Å². The quantitative estimate of drug-likeness (QED) is 0.815. The molecule has 1 aliphatic rings. The van der Waals surface area contributed by atoms with Crippen molar-refractivity contribution in [3.05, 3.63) is 46.9 Å². The maximum atomic E-state index is 12.5. The van der Waals surface area contributed by atoms with Crippen LogP contribution in [0.15, 0.2) is 30.6 Å². The summed E-state index contributed by atoms with van der Waals surface area (Å²) in [5.41, 5.74) is 0.774. The highest BCUT2D eigenvalue weighted by Crippen LogP contribution is 2.24. The van der Waals surface area contributed by atoms with Crippen LogP contribution in [0, 0.1) is 0 Å². The van der Waals surface area contributed by atoms with E-state index in [1.54, 1.807) is 6.07 Å². The van der Waals surface area contributed by atoms with Crippen molar-refractivity contribution in [1.29, 1.82) is 0 Å². The van der Waals surface area contributed by atoms with Crippen LogP contribution in [0.3, 0.4) is 0 Å². The van der Waals surface area contributed by atoms with Gasteiger partial charge in [0, 0.05) is 19.2 Å². The van der Waals surface area contributed by atoms with Crippen LogP contribution in [0.1, 0.15) is 20.8 Å². The van der Waals surface area contributed by atoms with Crippen molar-refractivity contribution >= 4 is 35.0 Å². The zero-order chi connectivity index (χ0) is 18.5. The van der Waals surface area contributed by atoms with Crippen molar-refractivity contribution < 1.29 is 19.1 Å². The molecule has 1 saturated heterocycles. The van der Waals surface area contributed by atoms with Gasteiger partial charge in [-0.3, -0.25) is 4.79 Å². The second kappa shape index (κ2) is 8.11. The zero-order valence-corrected chi connectivity index (χ0v) is 14.8. The van der Waals surface area contributed by atoms with Crippen LogP contribution in [-0.2, 0) is 9.47 Å². The molecule has 1 aromatic carbocycles. The van der Waals surface area contributed by atoms with Gasteiger partial charge in [0.25, 0.3) is 5.91 Å². The number of aromatic nitrogens is 2. The Labute approximate surface area is 155 Å². The van der Waals surface area contributed by atoms with E-state index in [-0.39, 0.29) is 11.3 Å². The van der Waals surface area contributed by atoms with Crippen LogP contribution < -0.4 is 10.2 Å². The summed E-state index contributed by atoms with van der Waals surface area (Å²) in [6, 6.07) is 6.10. The fourth-order valence-corrected chi connectivity index (χ4v) is 2.65. The number of morpholine rings is 1. The van der Waals surface area contributed by atoms with Gasteiger partial charge in [-0.25, -0.2) is 14.8 Å². The molecule has 9 heteroatoms. The monoisotopic (exact) mass is 376 g/mol. The number of carbonyl (C=O) groups excluding carboxylic acids is 2. The lowest BCUT2D eigenvalue weighted by Crippen LogP contribution is -2.37. The average molecular weight is 377 g/mol. The number of benzene rings is 1. The maximum absolute atomic E-state index is 12.5. The molecule has 0 saturated carbocycles. The molecule has 0 atom stereocenters. The Bertz CT molecular complexity index is 824. The Morgan fingerprint density at radius 1 is 1.23 bits per heavy atom. The second-order valence-corrected chi connectivity index (χ2v) is 5.91. The first-order valence-electron chi connectivity index (χ1n) is 7.92. The number of esters is 1. The smallest absolute Gasteiger partial charge is 0.337 e. The second-order valence-electron chi connectivity index (χ2n) is 5.50. The fraction of sp³-hybridized carbons (Fsp3) is 0.294. The molecule has 1 aromatic heterocycles. The molecule has 1 aliphatic heterocycles. The molecule has 1 fully saturated rings. The molecule has 0 unspecified atom stereocenters. The van der Waals surface area contributed by atoms with Crippen molar-refractivity contribution in [2.45, 2.75) is 0 Å². The first kappa shape index (κ1) is 18.1. The Kier molecular flexibility index (Phi) is 5.65.